The van der Waals surface area contributed by atoms with Gasteiger partial charge in [-0.3, -0.25) is 4.68 Å². The molecule has 1 aliphatic rings. The lowest BCUT2D eigenvalue weighted by molar-refractivity contribution is 0.431. The first-order chi connectivity index (χ1) is 9.57. The van der Waals surface area contributed by atoms with Crippen LogP contribution in [0.2, 0.25) is 5.15 Å². The highest BCUT2D eigenvalue weighted by Crippen LogP contribution is 2.42. The van der Waals surface area contributed by atoms with Gasteiger partial charge >= 0.3 is 0 Å². The summed E-state index contributed by atoms with van der Waals surface area (Å²) in [7, 11) is 1.89. The number of benzene rings is 1. The molecule has 0 saturated carbocycles. The fourth-order valence-corrected chi connectivity index (χ4v) is 3.69. The van der Waals surface area contributed by atoms with Crippen molar-refractivity contribution in [2.45, 2.75) is 31.6 Å². The van der Waals surface area contributed by atoms with Gasteiger partial charge in [-0.15, -0.1) is 0 Å². The number of aryl methyl sites for hydroxylation is 3. The maximum Gasteiger partial charge on any atom is 0.130 e. The maximum absolute atomic E-state index is 6.40. The Bertz CT molecular complexity index is 647. The molecule has 0 aliphatic heterocycles. The molecule has 1 heterocycles. The van der Waals surface area contributed by atoms with E-state index < -0.39 is 0 Å². The Hall–Kier alpha value is -1.32. The fraction of sp³-hybridized carbons (Fsp3) is 0.438. The Morgan fingerprint density at radius 1 is 1.40 bits per heavy atom. The third-order valence-electron chi connectivity index (χ3n) is 4.64. The van der Waals surface area contributed by atoms with E-state index in [0.717, 1.165) is 35.7 Å². The Kier molecular flexibility index (Phi) is 3.35. The highest BCUT2D eigenvalue weighted by atomic mass is 35.5. The minimum Gasteiger partial charge on any atom is -0.330 e. The molecule has 2 N–H and O–H groups in total. The highest BCUT2D eigenvalue weighted by Gasteiger charge is 2.38. The van der Waals surface area contributed by atoms with Crippen molar-refractivity contribution in [2.75, 3.05) is 6.54 Å². The number of halogens is 1. The summed E-state index contributed by atoms with van der Waals surface area (Å²) >= 11 is 6.40. The van der Waals surface area contributed by atoms with Crippen LogP contribution in [0.3, 0.4) is 0 Å². The molecule has 0 saturated heterocycles. The highest BCUT2D eigenvalue weighted by molar-refractivity contribution is 6.30. The number of nitrogens with zero attached hydrogens (tertiary/aromatic N) is 2. The van der Waals surface area contributed by atoms with Crippen LogP contribution < -0.4 is 5.73 Å². The lowest BCUT2D eigenvalue weighted by Crippen LogP contribution is -2.35. The fourth-order valence-electron chi connectivity index (χ4n) is 3.45. The topological polar surface area (TPSA) is 43.8 Å². The Morgan fingerprint density at radius 2 is 2.15 bits per heavy atom. The predicted octanol–water partition coefficient (Wildman–Crippen LogP) is 2.77. The SMILES string of the molecule is Cc1nn(C)c(Cl)c1CC1(CN)CCc2ccccc21. The van der Waals surface area contributed by atoms with Gasteiger partial charge in [0.15, 0.2) is 0 Å². The molecule has 1 unspecified atom stereocenters. The minimum atomic E-state index is 0.00796. The molecular weight excluding hydrogens is 270 g/mol. The molecule has 1 aromatic carbocycles. The van der Waals surface area contributed by atoms with E-state index in [1.807, 2.05) is 14.0 Å². The first-order valence-electron chi connectivity index (χ1n) is 7.04. The van der Waals surface area contributed by atoms with Crippen molar-refractivity contribution in [2.24, 2.45) is 12.8 Å². The van der Waals surface area contributed by atoms with Crippen LogP contribution in [0.25, 0.3) is 0 Å². The van der Waals surface area contributed by atoms with Gasteiger partial charge in [0.05, 0.1) is 5.69 Å². The first-order valence-corrected chi connectivity index (χ1v) is 7.41. The molecule has 2 aromatic rings. The van der Waals surface area contributed by atoms with Crippen LogP contribution >= 0.6 is 11.6 Å². The third kappa shape index (κ3) is 1.97. The number of hydrogen-bond donors (Lipinski definition) is 1. The summed E-state index contributed by atoms with van der Waals surface area (Å²) in [6, 6.07) is 8.64. The van der Waals surface area contributed by atoms with E-state index in [-0.39, 0.29) is 5.41 Å². The molecule has 4 heteroatoms. The zero-order valence-electron chi connectivity index (χ0n) is 12.0. The monoisotopic (exact) mass is 289 g/mol. The average molecular weight is 290 g/mol. The summed E-state index contributed by atoms with van der Waals surface area (Å²) in [5, 5.41) is 5.15. The van der Waals surface area contributed by atoms with E-state index in [0.29, 0.717) is 6.54 Å². The maximum atomic E-state index is 6.40. The Balaban J connectivity index is 2.04. The molecule has 0 amide bonds. The van der Waals surface area contributed by atoms with Crippen molar-refractivity contribution >= 4 is 11.6 Å². The van der Waals surface area contributed by atoms with Gasteiger partial charge in [0.2, 0.25) is 0 Å². The Morgan fingerprint density at radius 3 is 2.80 bits per heavy atom. The third-order valence-corrected chi connectivity index (χ3v) is 5.11. The molecule has 1 atom stereocenters. The van der Waals surface area contributed by atoms with E-state index in [9.17, 15) is 0 Å². The smallest absolute Gasteiger partial charge is 0.130 e. The van der Waals surface area contributed by atoms with E-state index >= 15 is 0 Å². The van der Waals surface area contributed by atoms with Gasteiger partial charge in [0, 0.05) is 24.6 Å². The molecule has 1 aliphatic carbocycles. The van der Waals surface area contributed by atoms with Crippen LogP contribution in [0.5, 0.6) is 0 Å². The van der Waals surface area contributed by atoms with E-state index in [4.69, 9.17) is 17.3 Å². The second kappa shape index (κ2) is 4.90. The lowest BCUT2D eigenvalue weighted by Gasteiger charge is -2.29. The van der Waals surface area contributed by atoms with Gasteiger partial charge in [0.25, 0.3) is 0 Å². The number of hydrogen-bond acceptors (Lipinski definition) is 2. The molecule has 0 radical (unpaired) electrons. The van der Waals surface area contributed by atoms with Crippen molar-refractivity contribution in [3.05, 3.63) is 51.8 Å². The largest absolute Gasteiger partial charge is 0.330 e. The summed E-state index contributed by atoms with van der Waals surface area (Å²) in [6.45, 7) is 2.67. The first kappa shape index (κ1) is 13.7. The molecule has 106 valence electrons. The summed E-state index contributed by atoms with van der Waals surface area (Å²) in [5.74, 6) is 0. The van der Waals surface area contributed by atoms with Crippen LogP contribution in [-0.4, -0.2) is 16.3 Å². The van der Waals surface area contributed by atoms with Crippen molar-refractivity contribution in [1.82, 2.24) is 9.78 Å². The van der Waals surface area contributed by atoms with Crippen molar-refractivity contribution in [3.63, 3.8) is 0 Å². The second-order valence-electron chi connectivity index (χ2n) is 5.80. The van der Waals surface area contributed by atoms with Gasteiger partial charge < -0.3 is 5.73 Å². The van der Waals surface area contributed by atoms with Crippen LogP contribution in [0.15, 0.2) is 24.3 Å². The van der Waals surface area contributed by atoms with Gasteiger partial charge in [0.1, 0.15) is 5.15 Å². The molecule has 3 nitrogen and oxygen atoms in total. The molecule has 0 bridgehead atoms. The summed E-state index contributed by atoms with van der Waals surface area (Å²) < 4.78 is 1.75. The van der Waals surface area contributed by atoms with Crippen molar-refractivity contribution in [1.29, 1.82) is 0 Å². The number of aromatic nitrogens is 2. The number of rotatable bonds is 3. The van der Waals surface area contributed by atoms with E-state index in [1.54, 1.807) is 4.68 Å². The average Bonchev–Trinajstić information content (AvgIpc) is 2.93. The molecule has 1 aromatic heterocycles. The lowest BCUT2D eigenvalue weighted by atomic mass is 9.77. The normalized spacial score (nSPS) is 21.2. The summed E-state index contributed by atoms with van der Waals surface area (Å²) in [6.07, 6.45) is 3.07. The van der Waals surface area contributed by atoms with Gasteiger partial charge in [-0.05, 0) is 37.3 Å². The standard InChI is InChI=1S/C16H20ClN3/c1-11-13(15(17)20(2)19-11)9-16(10-18)8-7-12-5-3-4-6-14(12)16/h3-6H,7-10,18H2,1-2H3. The van der Waals surface area contributed by atoms with Crippen LogP contribution in [0.1, 0.15) is 28.8 Å². The van der Waals surface area contributed by atoms with E-state index in [2.05, 4.69) is 29.4 Å². The van der Waals surface area contributed by atoms with Gasteiger partial charge in [-0.2, -0.15) is 5.10 Å². The quantitative estimate of drug-likeness (QED) is 0.944. The molecule has 20 heavy (non-hydrogen) atoms. The van der Waals surface area contributed by atoms with Crippen molar-refractivity contribution in [3.8, 4) is 0 Å². The molecule has 0 fully saturated rings. The number of nitrogens with two attached hydrogens (primary N) is 1. The van der Waals surface area contributed by atoms with Crippen molar-refractivity contribution < 1.29 is 0 Å². The van der Waals surface area contributed by atoms with Gasteiger partial charge in [-0.25, -0.2) is 0 Å². The van der Waals surface area contributed by atoms with Crippen LogP contribution in [-0.2, 0) is 25.3 Å². The zero-order valence-corrected chi connectivity index (χ0v) is 12.7. The predicted molar refractivity (Wildman–Crippen MR) is 82.2 cm³/mol. The Labute approximate surface area is 124 Å². The van der Waals surface area contributed by atoms with Crippen LogP contribution in [0, 0.1) is 6.92 Å². The molecular formula is C16H20ClN3. The molecule has 0 spiro atoms. The second-order valence-corrected chi connectivity index (χ2v) is 6.15. The van der Waals surface area contributed by atoms with Crippen LogP contribution in [0.4, 0.5) is 0 Å². The molecule has 3 rings (SSSR count). The van der Waals surface area contributed by atoms with E-state index in [1.165, 1.54) is 11.1 Å². The summed E-state index contributed by atoms with van der Waals surface area (Å²) in [5.41, 5.74) is 11.1. The van der Waals surface area contributed by atoms with Gasteiger partial charge in [-0.1, -0.05) is 35.9 Å². The minimum absolute atomic E-state index is 0.00796. The summed E-state index contributed by atoms with van der Waals surface area (Å²) in [4.78, 5) is 0. The number of fused-ring (bicyclic) bond motifs is 1. The zero-order chi connectivity index (χ0) is 14.3.